The number of ether oxygens (including phenoxy) is 1. The van der Waals surface area contributed by atoms with Crippen LogP contribution >= 0.6 is 0 Å². The maximum absolute atomic E-state index is 11.9. The molecule has 4 atom stereocenters. The number of aliphatic carboxylic acids is 1. The Morgan fingerprint density at radius 1 is 1.28 bits per heavy atom. The van der Waals surface area contributed by atoms with Crippen molar-refractivity contribution in [2.75, 3.05) is 0 Å². The summed E-state index contributed by atoms with van der Waals surface area (Å²) in [6, 6.07) is 4.78. The number of aliphatic hydroxyl groups is 3. The van der Waals surface area contributed by atoms with Crippen LogP contribution in [0.4, 0.5) is 0 Å². The lowest BCUT2D eigenvalue weighted by atomic mass is 9.79. The molecule has 0 radical (unpaired) electrons. The summed E-state index contributed by atoms with van der Waals surface area (Å²) in [7, 11) is 0. The molecule has 0 saturated heterocycles. The van der Waals surface area contributed by atoms with E-state index in [4.69, 9.17) is 9.84 Å². The minimum Gasteiger partial charge on any atom is -0.508 e. The molecule has 0 spiro atoms. The standard InChI is InChI=1S/C17H20O8/c1-9-2-3-10(6-11(9)18)4-5-14(20)25-13-8-17(24,16(22)23)7-12(19)15(13)21/h2-6,12-13,15,18-19,21,24H,7-8H2,1H3,(H,22,23)/b5-4+. The Morgan fingerprint density at radius 2 is 1.96 bits per heavy atom. The molecular weight excluding hydrogens is 332 g/mol. The maximum atomic E-state index is 11.9. The molecule has 5 N–H and O–H groups in total. The van der Waals surface area contributed by atoms with Crippen LogP contribution in [0.3, 0.4) is 0 Å². The molecule has 0 bridgehead atoms. The third-order valence-corrected chi connectivity index (χ3v) is 4.17. The third kappa shape index (κ3) is 4.36. The average molecular weight is 352 g/mol. The van der Waals surface area contributed by atoms with Gasteiger partial charge in [-0.1, -0.05) is 12.1 Å². The largest absolute Gasteiger partial charge is 0.508 e. The highest BCUT2D eigenvalue weighted by molar-refractivity contribution is 5.87. The number of aryl methyl sites for hydroxylation is 1. The van der Waals surface area contributed by atoms with Gasteiger partial charge >= 0.3 is 11.9 Å². The van der Waals surface area contributed by atoms with Gasteiger partial charge in [-0.2, -0.15) is 0 Å². The summed E-state index contributed by atoms with van der Waals surface area (Å²) >= 11 is 0. The SMILES string of the molecule is Cc1ccc(/C=C/C(=O)OC2CC(O)(C(=O)O)CC(O)C2O)cc1O. The van der Waals surface area contributed by atoms with E-state index >= 15 is 0 Å². The van der Waals surface area contributed by atoms with Gasteiger partial charge in [0.2, 0.25) is 0 Å². The van der Waals surface area contributed by atoms with E-state index in [9.17, 15) is 30.0 Å². The Kier molecular flexibility index (Phi) is 5.46. The van der Waals surface area contributed by atoms with Crippen LogP contribution in [0.2, 0.25) is 0 Å². The predicted molar refractivity (Wildman–Crippen MR) is 85.6 cm³/mol. The number of rotatable bonds is 4. The maximum Gasteiger partial charge on any atom is 0.335 e. The molecule has 0 heterocycles. The molecule has 1 aromatic rings. The normalized spacial score (nSPS) is 29.5. The van der Waals surface area contributed by atoms with Gasteiger partial charge in [0.05, 0.1) is 6.10 Å². The van der Waals surface area contributed by atoms with E-state index in [0.29, 0.717) is 11.1 Å². The number of hydrogen-bond donors (Lipinski definition) is 5. The second-order valence-corrected chi connectivity index (χ2v) is 6.16. The number of carbonyl (C=O) groups is 2. The number of carboxylic acids is 1. The summed E-state index contributed by atoms with van der Waals surface area (Å²) in [5.41, 5.74) is -1.07. The number of phenolic OH excluding ortho intramolecular Hbond substituents is 1. The van der Waals surface area contributed by atoms with Crippen molar-refractivity contribution in [1.82, 2.24) is 0 Å². The smallest absolute Gasteiger partial charge is 0.335 e. The molecule has 0 amide bonds. The van der Waals surface area contributed by atoms with E-state index in [1.807, 2.05) is 0 Å². The Morgan fingerprint density at radius 3 is 2.56 bits per heavy atom. The second-order valence-electron chi connectivity index (χ2n) is 6.16. The summed E-state index contributed by atoms with van der Waals surface area (Å²) in [4.78, 5) is 23.0. The lowest BCUT2D eigenvalue weighted by molar-refractivity contribution is -0.196. The minimum atomic E-state index is -2.28. The van der Waals surface area contributed by atoms with E-state index < -0.39 is 48.7 Å². The van der Waals surface area contributed by atoms with Gasteiger partial charge < -0.3 is 30.3 Å². The van der Waals surface area contributed by atoms with Crippen LogP contribution in [0, 0.1) is 6.92 Å². The minimum absolute atomic E-state index is 0.0628. The number of carboxylic acid groups (broad SMARTS) is 1. The predicted octanol–water partition coefficient (Wildman–Crippen LogP) is -0.0431. The molecule has 8 nitrogen and oxygen atoms in total. The quantitative estimate of drug-likeness (QED) is 0.375. The molecule has 8 heteroatoms. The fourth-order valence-corrected chi connectivity index (χ4v) is 2.62. The van der Waals surface area contributed by atoms with Crippen molar-refractivity contribution in [1.29, 1.82) is 0 Å². The summed E-state index contributed by atoms with van der Waals surface area (Å²) in [6.07, 6.45) is -3.09. The molecule has 1 aliphatic rings. The van der Waals surface area contributed by atoms with Crippen molar-refractivity contribution in [3.05, 3.63) is 35.4 Å². The van der Waals surface area contributed by atoms with Crippen LogP contribution in [0.15, 0.2) is 24.3 Å². The zero-order chi connectivity index (χ0) is 18.8. The molecule has 1 aromatic carbocycles. The summed E-state index contributed by atoms with van der Waals surface area (Å²) < 4.78 is 4.97. The summed E-state index contributed by atoms with van der Waals surface area (Å²) in [5, 5.41) is 48.2. The molecule has 136 valence electrons. The Balaban J connectivity index is 2.06. The van der Waals surface area contributed by atoms with Crippen molar-refractivity contribution in [3.8, 4) is 5.75 Å². The number of phenols is 1. The van der Waals surface area contributed by atoms with Crippen LogP contribution < -0.4 is 0 Å². The van der Waals surface area contributed by atoms with Gasteiger partial charge in [0.1, 0.15) is 18.0 Å². The Bertz CT molecular complexity index is 698. The van der Waals surface area contributed by atoms with Gasteiger partial charge in [-0.25, -0.2) is 9.59 Å². The first-order valence-electron chi connectivity index (χ1n) is 7.62. The Hall–Kier alpha value is -2.42. The van der Waals surface area contributed by atoms with Gasteiger partial charge in [0.25, 0.3) is 0 Å². The van der Waals surface area contributed by atoms with Crippen molar-refractivity contribution in [2.24, 2.45) is 0 Å². The fraction of sp³-hybridized carbons (Fsp3) is 0.412. The molecule has 4 unspecified atom stereocenters. The second kappa shape index (κ2) is 7.22. The van der Waals surface area contributed by atoms with E-state index in [1.54, 1.807) is 19.1 Å². The molecule has 1 saturated carbocycles. The Labute approximate surface area is 143 Å². The van der Waals surface area contributed by atoms with Gasteiger partial charge in [0.15, 0.2) is 5.60 Å². The molecule has 25 heavy (non-hydrogen) atoms. The molecule has 1 aliphatic carbocycles. The molecular formula is C17H20O8. The number of aromatic hydroxyl groups is 1. The van der Waals surface area contributed by atoms with E-state index in [2.05, 4.69) is 0 Å². The first-order chi connectivity index (χ1) is 11.6. The van der Waals surface area contributed by atoms with E-state index in [0.717, 1.165) is 6.08 Å². The van der Waals surface area contributed by atoms with Crippen LogP contribution in [0.25, 0.3) is 6.08 Å². The number of hydrogen-bond acceptors (Lipinski definition) is 7. The number of benzene rings is 1. The number of aliphatic hydroxyl groups excluding tert-OH is 2. The monoisotopic (exact) mass is 352 g/mol. The first kappa shape index (κ1) is 18.9. The summed E-state index contributed by atoms with van der Waals surface area (Å²) in [5.74, 6) is -2.39. The zero-order valence-corrected chi connectivity index (χ0v) is 13.5. The number of carbonyl (C=O) groups excluding carboxylic acids is 1. The lowest BCUT2D eigenvalue weighted by Crippen LogP contribution is -2.57. The van der Waals surface area contributed by atoms with Crippen molar-refractivity contribution in [2.45, 2.75) is 43.7 Å². The van der Waals surface area contributed by atoms with Gasteiger partial charge in [-0.3, -0.25) is 0 Å². The fourth-order valence-electron chi connectivity index (χ4n) is 2.62. The number of esters is 1. The van der Waals surface area contributed by atoms with Gasteiger partial charge in [-0.15, -0.1) is 0 Å². The average Bonchev–Trinajstić information content (AvgIpc) is 2.53. The summed E-state index contributed by atoms with van der Waals surface area (Å²) in [6.45, 7) is 1.72. The highest BCUT2D eigenvalue weighted by Gasteiger charge is 2.50. The van der Waals surface area contributed by atoms with Crippen molar-refractivity contribution >= 4 is 18.0 Å². The van der Waals surface area contributed by atoms with Crippen LogP contribution in [-0.4, -0.2) is 61.4 Å². The van der Waals surface area contributed by atoms with Crippen LogP contribution in [0.1, 0.15) is 24.0 Å². The molecule has 0 aromatic heterocycles. The van der Waals surface area contributed by atoms with Crippen LogP contribution in [0.5, 0.6) is 5.75 Å². The van der Waals surface area contributed by atoms with Crippen molar-refractivity contribution < 1.29 is 39.9 Å². The highest BCUT2D eigenvalue weighted by atomic mass is 16.6. The molecule has 2 rings (SSSR count). The van der Waals surface area contributed by atoms with E-state index in [-0.39, 0.29) is 5.75 Å². The third-order valence-electron chi connectivity index (χ3n) is 4.17. The van der Waals surface area contributed by atoms with Crippen molar-refractivity contribution in [3.63, 3.8) is 0 Å². The van der Waals surface area contributed by atoms with Gasteiger partial charge in [-0.05, 0) is 30.2 Å². The van der Waals surface area contributed by atoms with Crippen LogP contribution in [-0.2, 0) is 14.3 Å². The van der Waals surface area contributed by atoms with Gasteiger partial charge in [0, 0.05) is 18.9 Å². The van der Waals surface area contributed by atoms with E-state index in [1.165, 1.54) is 12.1 Å². The zero-order valence-electron chi connectivity index (χ0n) is 13.5. The topological polar surface area (TPSA) is 145 Å². The highest BCUT2D eigenvalue weighted by Crippen LogP contribution is 2.31. The lowest BCUT2D eigenvalue weighted by Gasteiger charge is -2.39. The first-order valence-corrected chi connectivity index (χ1v) is 7.62. The molecule has 1 fully saturated rings. The molecule has 0 aliphatic heterocycles.